The zero-order valence-corrected chi connectivity index (χ0v) is 25.9. The minimum absolute atomic E-state index is 0.0963. The van der Waals surface area contributed by atoms with Crippen molar-refractivity contribution >= 4 is 40.9 Å². The fourth-order valence-electron chi connectivity index (χ4n) is 7.21. The van der Waals surface area contributed by atoms with Crippen LogP contribution in [0, 0.1) is 25.7 Å². The third-order valence-electron chi connectivity index (χ3n) is 9.20. The SMILES string of the molecule is CCOc1ccc(NC(=O)[C@H]2[C@H]3C(=O)N(CCCCCCO)C(C(=O)Nc4cc(C)ccc4C)C34CC[C@]2(C)S4)cc1. The summed E-state index contributed by atoms with van der Waals surface area (Å²) in [6.45, 7) is 9.13. The maximum absolute atomic E-state index is 14.3. The molecule has 3 saturated heterocycles. The molecule has 2 aromatic carbocycles. The molecule has 42 heavy (non-hydrogen) atoms. The van der Waals surface area contributed by atoms with Crippen molar-refractivity contribution in [2.75, 3.05) is 30.4 Å². The van der Waals surface area contributed by atoms with Gasteiger partial charge < -0.3 is 25.4 Å². The molecule has 1 spiro atoms. The van der Waals surface area contributed by atoms with Crippen LogP contribution in [0.3, 0.4) is 0 Å². The van der Waals surface area contributed by atoms with E-state index < -0.39 is 27.4 Å². The molecule has 0 aromatic heterocycles. The molecule has 3 fully saturated rings. The lowest BCUT2D eigenvalue weighted by molar-refractivity contribution is -0.139. The summed E-state index contributed by atoms with van der Waals surface area (Å²) in [7, 11) is 0. The molecule has 2 aromatic rings. The average molecular weight is 594 g/mol. The van der Waals surface area contributed by atoms with Crippen LogP contribution in [-0.4, -0.2) is 63.0 Å². The van der Waals surface area contributed by atoms with Crippen molar-refractivity contribution in [3.63, 3.8) is 0 Å². The Morgan fingerprint density at radius 2 is 1.76 bits per heavy atom. The number of benzene rings is 2. The van der Waals surface area contributed by atoms with Gasteiger partial charge in [0.15, 0.2) is 0 Å². The second-order valence-corrected chi connectivity index (χ2v) is 14.0. The van der Waals surface area contributed by atoms with Gasteiger partial charge in [-0.1, -0.05) is 25.0 Å². The van der Waals surface area contributed by atoms with Crippen LogP contribution in [0.1, 0.15) is 63.5 Å². The highest BCUT2D eigenvalue weighted by Gasteiger charge is 2.77. The minimum Gasteiger partial charge on any atom is -0.494 e. The smallest absolute Gasteiger partial charge is 0.248 e. The zero-order chi connectivity index (χ0) is 30.1. The summed E-state index contributed by atoms with van der Waals surface area (Å²) < 4.78 is 4.42. The van der Waals surface area contributed by atoms with Gasteiger partial charge in [0.05, 0.1) is 23.2 Å². The number of nitrogens with zero attached hydrogens (tertiary/aromatic N) is 1. The summed E-state index contributed by atoms with van der Waals surface area (Å²) in [6, 6.07) is 12.6. The van der Waals surface area contributed by atoms with Crippen molar-refractivity contribution in [3.05, 3.63) is 53.6 Å². The zero-order valence-electron chi connectivity index (χ0n) is 25.1. The molecule has 2 unspecified atom stereocenters. The summed E-state index contributed by atoms with van der Waals surface area (Å²) in [5, 5.41) is 15.4. The van der Waals surface area contributed by atoms with E-state index in [0.717, 1.165) is 54.7 Å². The first-order chi connectivity index (χ1) is 20.1. The molecule has 3 aliphatic heterocycles. The number of aliphatic hydroxyl groups excluding tert-OH is 1. The molecule has 3 N–H and O–H groups in total. The van der Waals surface area contributed by atoms with E-state index in [4.69, 9.17) is 4.74 Å². The van der Waals surface area contributed by atoms with Crippen molar-refractivity contribution in [2.45, 2.75) is 81.8 Å². The van der Waals surface area contributed by atoms with Crippen LogP contribution in [0.25, 0.3) is 0 Å². The van der Waals surface area contributed by atoms with E-state index in [-0.39, 0.29) is 24.3 Å². The van der Waals surface area contributed by atoms with Crippen LogP contribution in [-0.2, 0) is 14.4 Å². The molecular weight excluding hydrogens is 550 g/mol. The number of likely N-dealkylation sites (tertiary alicyclic amines) is 1. The predicted molar refractivity (Wildman–Crippen MR) is 167 cm³/mol. The second-order valence-electron chi connectivity index (χ2n) is 12.2. The van der Waals surface area contributed by atoms with Gasteiger partial charge in [0.25, 0.3) is 0 Å². The van der Waals surface area contributed by atoms with Crippen LogP contribution in [0.15, 0.2) is 42.5 Å². The molecule has 226 valence electrons. The van der Waals surface area contributed by atoms with Crippen molar-refractivity contribution in [3.8, 4) is 5.75 Å². The van der Waals surface area contributed by atoms with E-state index in [0.29, 0.717) is 25.3 Å². The van der Waals surface area contributed by atoms with Gasteiger partial charge in [-0.25, -0.2) is 0 Å². The molecule has 0 aliphatic carbocycles. The van der Waals surface area contributed by atoms with Crippen LogP contribution in [0.5, 0.6) is 5.75 Å². The molecule has 9 heteroatoms. The number of amides is 3. The number of ether oxygens (including phenoxy) is 1. The predicted octanol–water partition coefficient (Wildman–Crippen LogP) is 5.31. The highest BCUT2D eigenvalue weighted by atomic mass is 32.2. The molecule has 0 radical (unpaired) electrons. The number of carbonyl (C=O) groups is 3. The number of fused-ring (bicyclic) bond motifs is 1. The Morgan fingerprint density at radius 1 is 1.02 bits per heavy atom. The standard InChI is InChI=1S/C33H43N3O5S/c1-5-41-24-14-12-23(13-15-24)34-29(38)26-27-31(40)36(18-8-6-7-9-19-37)28(33(27)17-16-32(26,4)42-33)30(39)35-25-20-21(2)10-11-22(25)3/h10-15,20,26-28,37H,5-9,16-19H2,1-4H3,(H,34,38)(H,35,39)/t26-,27+,28?,32+,33?/m1/s1. The average Bonchev–Trinajstić information content (AvgIpc) is 3.52. The van der Waals surface area contributed by atoms with Gasteiger partial charge in [-0.3, -0.25) is 14.4 Å². The quantitative estimate of drug-likeness (QED) is 0.288. The van der Waals surface area contributed by atoms with Gasteiger partial charge >= 0.3 is 0 Å². The van der Waals surface area contributed by atoms with E-state index in [1.807, 2.05) is 63.2 Å². The Morgan fingerprint density at radius 3 is 2.48 bits per heavy atom. The summed E-state index contributed by atoms with van der Waals surface area (Å²) in [6.07, 6.45) is 4.67. The van der Waals surface area contributed by atoms with Crippen molar-refractivity contribution in [2.24, 2.45) is 11.8 Å². The Hall–Kier alpha value is -3.04. The highest BCUT2D eigenvalue weighted by molar-refractivity contribution is 8.02. The molecule has 8 nitrogen and oxygen atoms in total. The van der Waals surface area contributed by atoms with E-state index >= 15 is 0 Å². The Balaban J connectivity index is 1.44. The van der Waals surface area contributed by atoms with Crippen LogP contribution in [0.2, 0.25) is 0 Å². The fraction of sp³-hybridized carbons (Fsp3) is 0.545. The monoisotopic (exact) mass is 593 g/mol. The number of hydrogen-bond donors (Lipinski definition) is 3. The first-order valence-corrected chi connectivity index (χ1v) is 16.0. The molecule has 3 heterocycles. The summed E-state index contributed by atoms with van der Waals surface area (Å²) >= 11 is 1.68. The second kappa shape index (κ2) is 12.3. The highest BCUT2D eigenvalue weighted by Crippen LogP contribution is 2.71. The van der Waals surface area contributed by atoms with Crippen molar-refractivity contribution < 1.29 is 24.2 Å². The van der Waals surface area contributed by atoms with Gasteiger partial charge in [0, 0.05) is 29.3 Å². The van der Waals surface area contributed by atoms with Gasteiger partial charge in [-0.05, 0) is 94.8 Å². The third kappa shape index (κ3) is 5.53. The lowest BCUT2D eigenvalue weighted by Crippen LogP contribution is -2.52. The summed E-state index contributed by atoms with van der Waals surface area (Å²) in [5.74, 6) is -0.843. The third-order valence-corrected chi connectivity index (χ3v) is 11.2. The van der Waals surface area contributed by atoms with E-state index in [1.54, 1.807) is 16.7 Å². The molecule has 5 atom stereocenters. The number of hydrogen-bond acceptors (Lipinski definition) is 6. The Kier molecular flexibility index (Phi) is 8.90. The van der Waals surface area contributed by atoms with Crippen LogP contribution in [0.4, 0.5) is 11.4 Å². The molecule has 0 saturated carbocycles. The Bertz CT molecular complexity index is 1330. The van der Waals surface area contributed by atoms with Crippen LogP contribution < -0.4 is 15.4 Å². The fourth-order valence-corrected chi connectivity index (χ4v) is 9.56. The first-order valence-electron chi connectivity index (χ1n) is 15.2. The topological polar surface area (TPSA) is 108 Å². The maximum Gasteiger partial charge on any atom is 0.248 e. The van der Waals surface area contributed by atoms with Gasteiger partial charge in [-0.2, -0.15) is 0 Å². The first kappa shape index (κ1) is 30.4. The van der Waals surface area contributed by atoms with E-state index in [1.165, 1.54) is 0 Å². The van der Waals surface area contributed by atoms with Crippen molar-refractivity contribution in [1.82, 2.24) is 4.90 Å². The number of nitrogens with one attached hydrogen (secondary N) is 2. The normalized spacial score (nSPS) is 27.7. The Labute approximate surface area is 253 Å². The minimum atomic E-state index is -0.667. The van der Waals surface area contributed by atoms with E-state index in [9.17, 15) is 19.5 Å². The van der Waals surface area contributed by atoms with E-state index in [2.05, 4.69) is 17.6 Å². The number of unbranched alkanes of at least 4 members (excludes halogenated alkanes) is 3. The lowest BCUT2D eigenvalue weighted by atomic mass is 9.66. The number of carbonyl (C=O) groups excluding carboxylic acids is 3. The number of thioether (sulfide) groups is 1. The molecule has 3 amide bonds. The summed E-state index contributed by atoms with van der Waals surface area (Å²) in [4.78, 5) is 44.2. The number of aryl methyl sites for hydroxylation is 2. The molecule has 3 aliphatic rings. The lowest BCUT2D eigenvalue weighted by Gasteiger charge is -2.35. The van der Waals surface area contributed by atoms with Gasteiger partial charge in [-0.15, -0.1) is 11.8 Å². The molecule has 2 bridgehead atoms. The largest absolute Gasteiger partial charge is 0.494 e. The molecular formula is C33H43N3O5S. The van der Waals surface area contributed by atoms with Crippen LogP contribution >= 0.6 is 11.8 Å². The summed E-state index contributed by atoms with van der Waals surface area (Å²) in [5.41, 5.74) is 3.42. The number of aliphatic hydroxyl groups is 1. The van der Waals surface area contributed by atoms with Crippen molar-refractivity contribution in [1.29, 1.82) is 0 Å². The van der Waals surface area contributed by atoms with Gasteiger partial charge in [0.1, 0.15) is 11.8 Å². The molecule has 5 rings (SSSR count). The number of rotatable bonds is 12. The maximum atomic E-state index is 14.3. The number of anilines is 2. The van der Waals surface area contributed by atoms with Gasteiger partial charge in [0.2, 0.25) is 17.7 Å².